The molecular weight excluding hydrogens is 266 g/mol. The fourth-order valence-corrected chi connectivity index (χ4v) is 2.78. The summed E-state index contributed by atoms with van der Waals surface area (Å²) in [5, 5.41) is 17.6. The van der Waals surface area contributed by atoms with Gasteiger partial charge in [0.1, 0.15) is 5.69 Å². The van der Waals surface area contributed by atoms with Crippen molar-refractivity contribution in [1.82, 2.24) is 15.0 Å². The topological polar surface area (TPSA) is 60.2 Å². The Morgan fingerprint density at radius 2 is 2.29 bits per heavy atom. The van der Waals surface area contributed by atoms with E-state index in [1.165, 1.54) is 6.42 Å². The third-order valence-electron chi connectivity index (χ3n) is 3.95. The van der Waals surface area contributed by atoms with Gasteiger partial charge in [-0.05, 0) is 37.3 Å². The number of nitrogens with zero attached hydrogens (tertiary/aromatic N) is 3. The smallest absolute Gasteiger partial charge is 0.113 e. The van der Waals surface area contributed by atoms with Gasteiger partial charge in [-0.1, -0.05) is 23.4 Å². The summed E-state index contributed by atoms with van der Waals surface area (Å²) >= 11 is 0. The number of aromatic nitrogens is 3. The van der Waals surface area contributed by atoms with Gasteiger partial charge in [0, 0.05) is 12.2 Å². The Morgan fingerprint density at radius 3 is 3.00 bits per heavy atom. The van der Waals surface area contributed by atoms with Crippen molar-refractivity contribution in [2.24, 2.45) is 0 Å². The van der Waals surface area contributed by atoms with E-state index < -0.39 is 0 Å². The average molecular weight is 287 g/mol. The highest BCUT2D eigenvalue weighted by Gasteiger charge is 2.16. The molecule has 1 saturated heterocycles. The molecule has 0 bridgehead atoms. The highest BCUT2D eigenvalue weighted by molar-refractivity contribution is 5.62. The van der Waals surface area contributed by atoms with Crippen molar-refractivity contribution < 1.29 is 9.84 Å². The van der Waals surface area contributed by atoms with Gasteiger partial charge in [0.05, 0.1) is 25.5 Å². The highest BCUT2D eigenvalue weighted by atomic mass is 16.5. The first kappa shape index (κ1) is 14.2. The second kappa shape index (κ2) is 6.37. The van der Waals surface area contributed by atoms with Crippen molar-refractivity contribution in [3.8, 4) is 11.3 Å². The summed E-state index contributed by atoms with van der Waals surface area (Å²) in [6.07, 6.45) is 5.72. The lowest BCUT2D eigenvalue weighted by Gasteiger charge is -2.21. The molecule has 112 valence electrons. The molecule has 0 saturated carbocycles. The van der Waals surface area contributed by atoms with E-state index in [2.05, 4.69) is 10.3 Å². The summed E-state index contributed by atoms with van der Waals surface area (Å²) in [5.74, 6) is 0. The van der Waals surface area contributed by atoms with Crippen molar-refractivity contribution in [3.05, 3.63) is 35.5 Å². The van der Waals surface area contributed by atoms with Crippen molar-refractivity contribution in [2.45, 2.75) is 45.4 Å². The molecule has 0 spiro atoms. The van der Waals surface area contributed by atoms with Crippen LogP contribution in [0.25, 0.3) is 11.3 Å². The van der Waals surface area contributed by atoms with Crippen molar-refractivity contribution in [1.29, 1.82) is 0 Å². The van der Waals surface area contributed by atoms with Crippen LogP contribution in [0.3, 0.4) is 0 Å². The molecule has 1 aliphatic rings. The van der Waals surface area contributed by atoms with Gasteiger partial charge in [0.25, 0.3) is 0 Å². The molecule has 0 aliphatic carbocycles. The fraction of sp³-hybridized carbons (Fsp3) is 0.500. The lowest BCUT2D eigenvalue weighted by molar-refractivity contribution is 0.00370. The number of rotatable bonds is 4. The molecule has 3 rings (SSSR count). The first-order chi connectivity index (χ1) is 10.3. The molecule has 0 amide bonds. The van der Waals surface area contributed by atoms with E-state index in [9.17, 15) is 0 Å². The second-order valence-corrected chi connectivity index (χ2v) is 5.62. The standard InChI is InChI=1S/C16H21N3O2/c1-12-8-13(11-20)5-6-15(12)16-10-19(18-17-16)9-14-4-2-3-7-21-14/h5-6,8,10,14,20H,2-4,7,9,11H2,1H3. The van der Waals surface area contributed by atoms with Crippen LogP contribution >= 0.6 is 0 Å². The molecule has 1 unspecified atom stereocenters. The maximum atomic E-state index is 9.16. The Morgan fingerprint density at radius 1 is 1.38 bits per heavy atom. The summed E-state index contributed by atoms with van der Waals surface area (Å²) in [4.78, 5) is 0. The fourth-order valence-electron chi connectivity index (χ4n) is 2.78. The van der Waals surface area contributed by atoms with Crippen LogP contribution in [0.15, 0.2) is 24.4 Å². The molecule has 5 heteroatoms. The summed E-state index contributed by atoms with van der Waals surface area (Å²) in [6.45, 7) is 3.71. The zero-order valence-electron chi connectivity index (χ0n) is 12.3. The Bertz CT molecular complexity index is 603. The first-order valence-corrected chi connectivity index (χ1v) is 7.49. The first-order valence-electron chi connectivity index (χ1n) is 7.49. The van der Waals surface area contributed by atoms with E-state index in [4.69, 9.17) is 9.84 Å². The van der Waals surface area contributed by atoms with Crippen LogP contribution in [0.2, 0.25) is 0 Å². The Kier molecular flexibility index (Phi) is 4.31. The Balaban J connectivity index is 1.75. The predicted octanol–water partition coefficient (Wildman–Crippen LogP) is 2.31. The van der Waals surface area contributed by atoms with E-state index in [1.54, 1.807) is 0 Å². The van der Waals surface area contributed by atoms with Crippen LogP contribution < -0.4 is 0 Å². The van der Waals surface area contributed by atoms with Gasteiger partial charge in [-0.2, -0.15) is 0 Å². The third kappa shape index (κ3) is 3.31. The minimum atomic E-state index is 0.0623. The largest absolute Gasteiger partial charge is 0.392 e. The van der Waals surface area contributed by atoms with Crippen LogP contribution in [0.4, 0.5) is 0 Å². The molecule has 21 heavy (non-hydrogen) atoms. The molecule has 0 radical (unpaired) electrons. The minimum absolute atomic E-state index is 0.0623. The average Bonchev–Trinajstić information content (AvgIpc) is 2.96. The highest BCUT2D eigenvalue weighted by Crippen LogP contribution is 2.22. The Labute approximate surface area is 124 Å². The van der Waals surface area contributed by atoms with Crippen LogP contribution in [0, 0.1) is 6.92 Å². The maximum Gasteiger partial charge on any atom is 0.113 e. The molecular formula is C16H21N3O2. The van der Waals surface area contributed by atoms with Crippen molar-refractivity contribution >= 4 is 0 Å². The zero-order valence-corrected chi connectivity index (χ0v) is 12.3. The molecule has 1 atom stereocenters. The predicted molar refractivity (Wildman–Crippen MR) is 79.7 cm³/mol. The lowest BCUT2D eigenvalue weighted by atomic mass is 10.0. The van der Waals surface area contributed by atoms with Crippen molar-refractivity contribution in [2.75, 3.05) is 6.61 Å². The van der Waals surface area contributed by atoms with E-state index in [-0.39, 0.29) is 12.7 Å². The zero-order chi connectivity index (χ0) is 14.7. The quantitative estimate of drug-likeness (QED) is 0.937. The molecule has 1 fully saturated rings. The van der Waals surface area contributed by atoms with E-state index in [0.29, 0.717) is 0 Å². The summed E-state index contributed by atoms with van der Waals surface area (Å²) in [7, 11) is 0. The number of hydrogen-bond donors (Lipinski definition) is 1. The van der Waals surface area contributed by atoms with Gasteiger partial charge in [-0.25, -0.2) is 4.68 Å². The van der Waals surface area contributed by atoms with E-state index in [1.807, 2.05) is 36.0 Å². The van der Waals surface area contributed by atoms with Crippen LogP contribution in [0.1, 0.15) is 30.4 Å². The van der Waals surface area contributed by atoms with Crippen LogP contribution in [-0.2, 0) is 17.9 Å². The molecule has 1 aliphatic heterocycles. The third-order valence-corrected chi connectivity index (χ3v) is 3.95. The lowest BCUT2D eigenvalue weighted by Crippen LogP contribution is -2.24. The number of aryl methyl sites for hydroxylation is 1. The van der Waals surface area contributed by atoms with Gasteiger partial charge < -0.3 is 9.84 Å². The molecule has 5 nitrogen and oxygen atoms in total. The number of aliphatic hydroxyl groups excluding tert-OH is 1. The maximum absolute atomic E-state index is 9.16. The molecule has 1 aromatic heterocycles. The van der Waals surface area contributed by atoms with Gasteiger partial charge in [-0.15, -0.1) is 5.10 Å². The normalized spacial score (nSPS) is 18.9. The summed E-state index contributed by atoms with van der Waals surface area (Å²) in [6, 6.07) is 5.90. The SMILES string of the molecule is Cc1cc(CO)ccc1-c1cn(CC2CCCCO2)nn1. The summed E-state index contributed by atoms with van der Waals surface area (Å²) in [5.41, 5.74) is 3.94. The van der Waals surface area contributed by atoms with Crippen LogP contribution in [0.5, 0.6) is 0 Å². The van der Waals surface area contributed by atoms with Crippen LogP contribution in [-0.4, -0.2) is 32.8 Å². The number of aliphatic hydroxyl groups is 1. The molecule has 1 aromatic carbocycles. The molecule has 1 N–H and O–H groups in total. The van der Waals surface area contributed by atoms with Gasteiger partial charge >= 0.3 is 0 Å². The van der Waals surface area contributed by atoms with E-state index in [0.717, 1.165) is 48.4 Å². The number of hydrogen-bond acceptors (Lipinski definition) is 4. The summed E-state index contributed by atoms with van der Waals surface area (Å²) < 4.78 is 7.60. The van der Waals surface area contributed by atoms with Crippen molar-refractivity contribution in [3.63, 3.8) is 0 Å². The second-order valence-electron chi connectivity index (χ2n) is 5.62. The number of ether oxygens (including phenoxy) is 1. The van der Waals surface area contributed by atoms with Gasteiger partial charge in [-0.3, -0.25) is 0 Å². The number of benzene rings is 1. The monoisotopic (exact) mass is 287 g/mol. The molecule has 2 heterocycles. The Hall–Kier alpha value is -1.72. The van der Waals surface area contributed by atoms with Gasteiger partial charge in [0.2, 0.25) is 0 Å². The van der Waals surface area contributed by atoms with E-state index >= 15 is 0 Å². The molecule has 2 aromatic rings. The minimum Gasteiger partial charge on any atom is -0.392 e. The van der Waals surface area contributed by atoms with Gasteiger partial charge in [0.15, 0.2) is 0 Å².